The highest BCUT2D eigenvalue weighted by atomic mass is 16.5. The van der Waals surface area contributed by atoms with Crippen LogP contribution in [0, 0.1) is 0 Å². The van der Waals surface area contributed by atoms with Crippen molar-refractivity contribution in [1.82, 2.24) is 4.90 Å². The average molecular weight is 244 g/mol. The van der Waals surface area contributed by atoms with Crippen LogP contribution in [-0.4, -0.2) is 55.9 Å². The summed E-state index contributed by atoms with van der Waals surface area (Å²) in [6, 6.07) is -0.418. The molecule has 2 N–H and O–H groups in total. The predicted molar refractivity (Wildman–Crippen MR) is 65.7 cm³/mol. The molecule has 1 aliphatic rings. The van der Waals surface area contributed by atoms with Gasteiger partial charge in [-0.05, 0) is 26.7 Å². The first-order valence-electron chi connectivity index (χ1n) is 6.13. The number of hydrogen-bond acceptors (Lipinski definition) is 4. The smallest absolute Gasteiger partial charge is 0.239 e. The number of nitrogens with zero attached hydrogens (tertiary/aromatic N) is 1. The van der Waals surface area contributed by atoms with Gasteiger partial charge in [0.2, 0.25) is 5.91 Å². The lowest BCUT2D eigenvalue weighted by Gasteiger charge is -2.39. The van der Waals surface area contributed by atoms with Crippen LogP contribution in [-0.2, 0) is 14.3 Å². The lowest BCUT2D eigenvalue weighted by Crippen LogP contribution is -2.54. The molecular weight excluding hydrogens is 220 g/mol. The van der Waals surface area contributed by atoms with E-state index in [0.29, 0.717) is 32.7 Å². The number of amides is 1. The number of morpholine rings is 1. The average Bonchev–Trinajstić information content (AvgIpc) is 2.27. The first-order valence-corrected chi connectivity index (χ1v) is 6.13. The Bertz CT molecular complexity index is 256. The van der Waals surface area contributed by atoms with Gasteiger partial charge in [-0.1, -0.05) is 0 Å². The number of hydrogen-bond donors (Lipinski definition) is 1. The second-order valence-corrected chi connectivity index (χ2v) is 5.11. The Labute approximate surface area is 103 Å². The maximum absolute atomic E-state index is 12.1. The Morgan fingerprint density at radius 2 is 2.29 bits per heavy atom. The molecule has 0 radical (unpaired) electrons. The van der Waals surface area contributed by atoms with E-state index >= 15 is 0 Å². The first-order chi connectivity index (χ1) is 7.96. The molecule has 100 valence electrons. The van der Waals surface area contributed by atoms with E-state index in [4.69, 9.17) is 15.2 Å². The molecule has 1 fully saturated rings. The van der Waals surface area contributed by atoms with Gasteiger partial charge in [0.25, 0.3) is 0 Å². The Morgan fingerprint density at radius 1 is 1.59 bits per heavy atom. The van der Waals surface area contributed by atoms with E-state index in [1.807, 2.05) is 13.8 Å². The summed E-state index contributed by atoms with van der Waals surface area (Å²) in [5, 5.41) is 0. The van der Waals surface area contributed by atoms with E-state index in [0.717, 1.165) is 6.42 Å². The molecule has 0 aromatic heterocycles. The number of rotatable bonds is 5. The van der Waals surface area contributed by atoms with Gasteiger partial charge in [0, 0.05) is 26.8 Å². The minimum Gasteiger partial charge on any atom is -0.385 e. The van der Waals surface area contributed by atoms with Crippen molar-refractivity contribution >= 4 is 5.91 Å². The van der Waals surface area contributed by atoms with E-state index in [1.165, 1.54) is 0 Å². The van der Waals surface area contributed by atoms with Crippen LogP contribution in [0.15, 0.2) is 0 Å². The molecule has 0 aromatic rings. The van der Waals surface area contributed by atoms with Crippen LogP contribution in [0.5, 0.6) is 0 Å². The summed E-state index contributed by atoms with van der Waals surface area (Å²) in [6.45, 7) is 6.47. The number of carbonyl (C=O) groups is 1. The van der Waals surface area contributed by atoms with Crippen molar-refractivity contribution in [2.24, 2.45) is 5.73 Å². The molecule has 1 amide bonds. The predicted octanol–water partition coefficient (Wildman–Crippen LogP) is 0.378. The van der Waals surface area contributed by atoms with Crippen molar-refractivity contribution in [2.45, 2.75) is 38.3 Å². The van der Waals surface area contributed by atoms with Gasteiger partial charge in [-0.3, -0.25) is 4.79 Å². The van der Waals surface area contributed by atoms with Crippen LogP contribution in [0.3, 0.4) is 0 Å². The summed E-state index contributed by atoms with van der Waals surface area (Å²) in [4.78, 5) is 13.9. The monoisotopic (exact) mass is 244 g/mol. The van der Waals surface area contributed by atoms with Gasteiger partial charge < -0.3 is 20.1 Å². The van der Waals surface area contributed by atoms with Crippen LogP contribution in [0.1, 0.15) is 26.7 Å². The van der Waals surface area contributed by atoms with Crippen molar-refractivity contribution in [3.05, 3.63) is 0 Å². The van der Waals surface area contributed by atoms with Crippen molar-refractivity contribution in [3.63, 3.8) is 0 Å². The van der Waals surface area contributed by atoms with Crippen molar-refractivity contribution in [3.8, 4) is 0 Å². The van der Waals surface area contributed by atoms with E-state index in [9.17, 15) is 4.79 Å². The zero-order valence-electron chi connectivity index (χ0n) is 11.1. The van der Waals surface area contributed by atoms with E-state index < -0.39 is 6.04 Å². The highest BCUT2D eigenvalue weighted by molar-refractivity contribution is 5.81. The molecule has 17 heavy (non-hydrogen) atoms. The maximum Gasteiger partial charge on any atom is 0.239 e. The third-order valence-corrected chi connectivity index (χ3v) is 2.92. The quantitative estimate of drug-likeness (QED) is 0.710. The third-order valence-electron chi connectivity index (χ3n) is 2.92. The Balaban J connectivity index is 2.40. The molecule has 0 bridgehead atoms. The molecule has 0 aromatic carbocycles. The van der Waals surface area contributed by atoms with E-state index in [1.54, 1.807) is 12.0 Å². The SMILES string of the molecule is COCCCC(N)C(=O)N1CCOC(C)(C)C1. The molecule has 0 aliphatic carbocycles. The topological polar surface area (TPSA) is 64.8 Å². The second-order valence-electron chi connectivity index (χ2n) is 5.11. The molecule has 1 heterocycles. The summed E-state index contributed by atoms with van der Waals surface area (Å²) < 4.78 is 10.5. The van der Waals surface area contributed by atoms with Crippen molar-refractivity contribution in [1.29, 1.82) is 0 Å². The Hall–Kier alpha value is -0.650. The fourth-order valence-electron chi connectivity index (χ4n) is 2.01. The third kappa shape index (κ3) is 4.61. The Morgan fingerprint density at radius 3 is 2.88 bits per heavy atom. The molecule has 1 rings (SSSR count). The molecule has 0 spiro atoms. The van der Waals surface area contributed by atoms with Crippen molar-refractivity contribution < 1.29 is 14.3 Å². The summed E-state index contributed by atoms with van der Waals surface area (Å²) in [5.74, 6) is 0.0254. The van der Waals surface area contributed by atoms with Gasteiger partial charge in [-0.2, -0.15) is 0 Å². The van der Waals surface area contributed by atoms with Gasteiger partial charge >= 0.3 is 0 Å². The standard InChI is InChI=1S/C12H24N2O3/c1-12(2)9-14(6-8-17-12)11(15)10(13)5-4-7-16-3/h10H,4-9,13H2,1-3H3. The highest BCUT2D eigenvalue weighted by Crippen LogP contribution is 2.17. The van der Waals surface area contributed by atoms with Gasteiger partial charge in [-0.25, -0.2) is 0 Å². The largest absolute Gasteiger partial charge is 0.385 e. The van der Waals surface area contributed by atoms with Gasteiger partial charge in [0.1, 0.15) is 0 Å². The van der Waals surface area contributed by atoms with Crippen LogP contribution in [0.4, 0.5) is 0 Å². The first kappa shape index (κ1) is 14.4. The molecule has 1 saturated heterocycles. The van der Waals surface area contributed by atoms with E-state index in [2.05, 4.69) is 0 Å². The minimum absolute atomic E-state index is 0.0254. The summed E-state index contributed by atoms with van der Waals surface area (Å²) >= 11 is 0. The summed E-state index contributed by atoms with van der Waals surface area (Å²) in [6.07, 6.45) is 1.49. The minimum atomic E-state index is -0.418. The number of ether oxygens (including phenoxy) is 2. The zero-order valence-corrected chi connectivity index (χ0v) is 11.1. The fraction of sp³-hybridized carbons (Fsp3) is 0.917. The molecule has 5 nitrogen and oxygen atoms in total. The molecule has 0 saturated carbocycles. The molecule has 1 aliphatic heterocycles. The van der Waals surface area contributed by atoms with Crippen LogP contribution in [0.2, 0.25) is 0 Å². The van der Waals surface area contributed by atoms with Gasteiger partial charge in [0.05, 0.1) is 18.2 Å². The van der Waals surface area contributed by atoms with Gasteiger partial charge in [-0.15, -0.1) is 0 Å². The number of nitrogens with two attached hydrogens (primary N) is 1. The maximum atomic E-state index is 12.1. The van der Waals surface area contributed by atoms with Crippen molar-refractivity contribution in [2.75, 3.05) is 33.4 Å². The van der Waals surface area contributed by atoms with Gasteiger partial charge in [0.15, 0.2) is 0 Å². The van der Waals surface area contributed by atoms with Crippen LogP contribution >= 0.6 is 0 Å². The van der Waals surface area contributed by atoms with E-state index in [-0.39, 0.29) is 11.5 Å². The zero-order chi connectivity index (χ0) is 12.9. The summed E-state index contributed by atoms with van der Waals surface area (Å²) in [7, 11) is 1.65. The molecule has 1 unspecified atom stereocenters. The summed E-state index contributed by atoms with van der Waals surface area (Å²) in [5.41, 5.74) is 5.63. The second kappa shape index (κ2) is 6.33. The molecule has 5 heteroatoms. The lowest BCUT2D eigenvalue weighted by atomic mass is 10.1. The number of carbonyl (C=O) groups excluding carboxylic acids is 1. The number of methoxy groups -OCH3 is 1. The lowest BCUT2D eigenvalue weighted by molar-refractivity contribution is -0.147. The van der Waals surface area contributed by atoms with Crippen LogP contribution in [0.25, 0.3) is 0 Å². The highest BCUT2D eigenvalue weighted by Gasteiger charge is 2.31. The van der Waals surface area contributed by atoms with Crippen LogP contribution < -0.4 is 5.73 Å². The Kier molecular flexibility index (Phi) is 5.36. The normalized spacial score (nSPS) is 21.3. The molecular formula is C12H24N2O3. The fourth-order valence-corrected chi connectivity index (χ4v) is 2.01. The molecule has 1 atom stereocenters.